The SMILES string of the molecule is Cc1cnc(N)c(-c2cc(C)[nH]n2)n1. The average Bonchev–Trinajstić information content (AvgIpc) is 2.56. The number of aromatic nitrogens is 4. The van der Waals surface area contributed by atoms with Crippen LogP contribution in [0.4, 0.5) is 5.82 Å². The first-order valence-corrected chi connectivity index (χ1v) is 4.28. The van der Waals surface area contributed by atoms with Gasteiger partial charge in [-0.1, -0.05) is 0 Å². The van der Waals surface area contributed by atoms with E-state index in [2.05, 4.69) is 20.2 Å². The Morgan fingerprint density at radius 3 is 2.79 bits per heavy atom. The smallest absolute Gasteiger partial charge is 0.151 e. The van der Waals surface area contributed by atoms with Crippen LogP contribution >= 0.6 is 0 Å². The average molecular weight is 189 g/mol. The Kier molecular flexibility index (Phi) is 1.92. The number of aromatic amines is 1. The molecule has 0 aliphatic rings. The summed E-state index contributed by atoms with van der Waals surface area (Å²) in [5.41, 5.74) is 8.87. The number of hydrogen-bond acceptors (Lipinski definition) is 4. The van der Waals surface area contributed by atoms with E-state index in [4.69, 9.17) is 5.73 Å². The maximum absolute atomic E-state index is 5.70. The van der Waals surface area contributed by atoms with Crippen molar-refractivity contribution in [2.24, 2.45) is 0 Å². The van der Waals surface area contributed by atoms with Crippen molar-refractivity contribution in [1.82, 2.24) is 20.2 Å². The van der Waals surface area contributed by atoms with Crippen molar-refractivity contribution in [3.63, 3.8) is 0 Å². The van der Waals surface area contributed by atoms with E-state index in [-0.39, 0.29) is 0 Å². The van der Waals surface area contributed by atoms with E-state index >= 15 is 0 Å². The summed E-state index contributed by atoms with van der Waals surface area (Å²) in [7, 11) is 0. The first-order chi connectivity index (χ1) is 6.66. The van der Waals surface area contributed by atoms with Gasteiger partial charge in [-0.25, -0.2) is 9.97 Å². The molecule has 0 spiro atoms. The van der Waals surface area contributed by atoms with Gasteiger partial charge in [-0.05, 0) is 19.9 Å². The van der Waals surface area contributed by atoms with Gasteiger partial charge in [-0.15, -0.1) is 0 Å². The number of hydrogen-bond donors (Lipinski definition) is 2. The van der Waals surface area contributed by atoms with Crippen LogP contribution in [0.1, 0.15) is 11.4 Å². The number of anilines is 1. The minimum atomic E-state index is 0.405. The van der Waals surface area contributed by atoms with E-state index in [0.29, 0.717) is 11.5 Å². The van der Waals surface area contributed by atoms with Crippen LogP contribution in [0.2, 0.25) is 0 Å². The quantitative estimate of drug-likeness (QED) is 0.703. The molecule has 2 aromatic heterocycles. The Labute approximate surface area is 81.4 Å². The topological polar surface area (TPSA) is 80.5 Å². The second-order valence-corrected chi connectivity index (χ2v) is 3.18. The highest BCUT2D eigenvalue weighted by Crippen LogP contribution is 2.19. The number of aryl methyl sites for hydroxylation is 2. The Morgan fingerprint density at radius 2 is 2.14 bits per heavy atom. The third-order valence-corrected chi connectivity index (χ3v) is 1.87. The summed E-state index contributed by atoms with van der Waals surface area (Å²) in [6.07, 6.45) is 1.64. The van der Waals surface area contributed by atoms with Gasteiger partial charge in [0.05, 0.1) is 11.9 Å². The second-order valence-electron chi connectivity index (χ2n) is 3.18. The number of rotatable bonds is 1. The predicted octanol–water partition coefficient (Wildman–Crippen LogP) is 1.07. The summed E-state index contributed by atoms with van der Waals surface area (Å²) in [6, 6.07) is 1.89. The second kappa shape index (κ2) is 3.10. The van der Waals surface area contributed by atoms with Crippen LogP contribution in [0, 0.1) is 13.8 Å². The van der Waals surface area contributed by atoms with Crippen molar-refractivity contribution in [3.05, 3.63) is 23.7 Å². The van der Waals surface area contributed by atoms with Crippen LogP contribution in [0.15, 0.2) is 12.3 Å². The van der Waals surface area contributed by atoms with E-state index in [1.807, 2.05) is 19.9 Å². The van der Waals surface area contributed by atoms with Gasteiger partial charge in [0, 0.05) is 5.69 Å². The predicted molar refractivity (Wildman–Crippen MR) is 53.5 cm³/mol. The van der Waals surface area contributed by atoms with Crippen molar-refractivity contribution >= 4 is 5.82 Å². The molecule has 0 aliphatic carbocycles. The molecule has 2 rings (SSSR count). The Hall–Kier alpha value is -1.91. The molecule has 0 fully saturated rings. The Morgan fingerprint density at radius 1 is 1.36 bits per heavy atom. The summed E-state index contributed by atoms with van der Waals surface area (Å²) < 4.78 is 0. The van der Waals surface area contributed by atoms with Gasteiger partial charge in [-0.2, -0.15) is 5.10 Å². The van der Waals surface area contributed by atoms with E-state index in [0.717, 1.165) is 17.1 Å². The van der Waals surface area contributed by atoms with Gasteiger partial charge < -0.3 is 5.73 Å². The van der Waals surface area contributed by atoms with Gasteiger partial charge in [-0.3, -0.25) is 5.10 Å². The fourth-order valence-electron chi connectivity index (χ4n) is 1.21. The molecule has 5 heteroatoms. The zero-order valence-electron chi connectivity index (χ0n) is 8.07. The lowest BCUT2D eigenvalue weighted by atomic mass is 10.2. The molecule has 0 radical (unpaired) electrons. The number of nitrogens with one attached hydrogen (secondary N) is 1. The molecule has 0 aromatic carbocycles. The molecule has 2 aromatic rings. The summed E-state index contributed by atoms with van der Waals surface area (Å²) in [5.74, 6) is 0.405. The first-order valence-electron chi connectivity index (χ1n) is 4.28. The number of nitrogen functional groups attached to an aromatic ring is 1. The van der Waals surface area contributed by atoms with Crippen molar-refractivity contribution in [2.75, 3.05) is 5.73 Å². The number of H-pyrrole nitrogens is 1. The highest BCUT2D eigenvalue weighted by Gasteiger charge is 2.08. The molecule has 2 heterocycles. The minimum absolute atomic E-state index is 0.405. The van der Waals surface area contributed by atoms with E-state index in [9.17, 15) is 0 Å². The molecule has 0 aliphatic heterocycles. The largest absolute Gasteiger partial charge is 0.382 e. The van der Waals surface area contributed by atoms with Crippen LogP contribution in [0.5, 0.6) is 0 Å². The number of nitrogens with zero attached hydrogens (tertiary/aromatic N) is 3. The molecule has 14 heavy (non-hydrogen) atoms. The molecular weight excluding hydrogens is 178 g/mol. The zero-order valence-corrected chi connectivity index (χ0v) is 8.07. The van der Waals surface area contributed by atoms with E-state index in [1.54, 1.807) is 6.20 Å². The van der Waals surface area contributed by atoms with Gasteiger partial charge in [0.2, 0.25) is 0 Å². The zero-order chi connectivity index (χ0) is 10.1. The fraction of sp³-hybridized carbons (Fsp3) is 0.222. The summed E-state index contributed by atoms with van der Waals surface area (Å²) in [4.78, 5) is 8.31. The Balaban J connectivity index is 2.55. The molecule has 0 saturated heterocycles. The third-order valence-electron chi connectivity index (χ3n) is 1.87. The van der Waals surface area contributed by atoms with Gasteiger partial charge in [0.25, 0.3) is 0 Å². The van der Waals surface area contributed by atoms with Crippen LogP contribution in [-0.2, 0) is 0 Å². The monoisotopic (exact) mass is 189 g/mol. The highest BCUT2D eigenvalue weighted by atomic mass is 15.1. The Bertz CT molecular complexity index is 460. The minimum Gasteiger partial charge on any atom is -0.382 e. The molecule has 0 unspecified atom stereocenters. The molecule has 3 N–H and O–H groups in total. The van der Waals surface area contributed by atoms with E-state index in [1.165, 1.54) is 0 Å². The van der Waals surface area contributed by atoms with Crippen LogP contribution < -0.4 is 5.73 Å². The maximum Gasteiger partial charge on any atom is 0.151 e. The molecule has 0 saturated carbocycles. The molecular formula is C9H11N5. The summed E-state index contributed by atoms with van der Waals surface area (Å²) in [6.45, 7) is 3.80. The fourth-order valence-corrected chi connectivity index (χ4v) is 1.21. The lowest BCUT2D eigenvalue weighted by Crippen LogP contribution is -1.98. The van der Waals surface area contributed by atoms with Crippen molar-refractivity contribution in [1.29, 1.82) is 0 Å². The van der Waals surface area contributed by atoms with Gasteiger partial charge >= 0.3 is 0 Å². The van der Waals surface area contributed by atoms with Crippen LogP contribution in [0.25, 0.3) is 11.4 Å². The van der Waals surface area contributed by atoms with Crippen molar-refractivity contribution in [2.45, 2.75) is 13.8 Å². The lowest BCUT2D eigenvalue weighted by molar-refractivity contribution is 1.04. The molecule has 5 nitrogen and oxygen atoms in total. The van der Waals surface area contributed by atoms with Gasteiger partial charge in [0.1, 0.15) is 11.4 Å². The van der Waals surface area contributed by atoms with Crippen molar-refractivity contribution in [3.8, 4) is 11.4 Å². The highest BCUT2D eigenvalue weighted by molar-refractivity contribution is 5.66. The normalized spacial score (nSPS) is 10.4. The molecule has 72 valence electrons. The maximum atomic E-state index is 5.70. The molecule has 0 bridgehead atoms. The van der Waals surface area contributed by atoms with E-state index < -0.39 is 0 Å². The first kappa shape index (κ1) is 8.68. The van der Waals surface area contributed by atoms with Crippen LogP contribution in [-0.4, -0.2) is 20.2 Å². The standard InChI is InChI=1S/C9H11N5/c1-5-3-7(14-13-5)8-9(10)11-4-6(2)12-8/h3-4H,1-2H3,(H2,10,11)(H,13,14). The van der Waals surface area contributed by atoms with Crippen LogP contribution in [0.3, 0.4) is 0 Å². The molecule has 0 atom stereocenters. The molecule has 0 amide bonds. The van der Waals surface area contributed by atoms with Gasteiger partial charge in [0.15, 0.2) is 5.82 Å². The third kappa shape index (κ3) is 1.44. The lowest BCUT2D eigenvalue weighted by Gasteiger charge is -2.00. The summed E-state index contributed by atoms with van der Waals surface area (Å²) in [5, 5.41) is 6.92. The summed E-state index contributed by atoms with van der Waals surface area (Å²) >= 11 is 0. The number of nitrogens with two attached hydrogens (primary N) is 1. The van der Waals surface area contributed by atoms with Crippen molar-refractivity contribution < 1.29 is 0 Å².